The Morgan fingerprint density at radius 2 is 1.50 bits per heavy atom. The summed E-state index contributed by atoms with van der Waals surface area (Å²) in [6.45, 7) is 1.45. The zero-order valence-electron chi connectivity index (χ0n) is 6.76. The maximum atomic E-state index is 5.69. The van der Waals surface area contributed by atoms with Gasteiger partial charge >= 0.3 is 0 Å². The third-order valence-electron chi connectivity index (χ3n) is 2.53. The predicted octanol–water partition coefficient (Wildman–Crippen LogP) is 2.44. The molecule has 4 heteroatoms. The van der Waals surface area contributed by atoms with E-state index >= 15 is 0 Å². The van der Waals surface area contributed by atoms with Crippen molar-refractivity contribution >= 4 is 31.9 Å². The van der Waals surface area contributed by atoms with E-state index in [1.165, 1.54) is 6.42 Å². The van der Waals surface area contributed by atoms with Crippen LogP contribution in [0.3, 0.4) is 0 Å². The van der Waals surface area contributed by atoms with Gasteiger partial charge in [0.15, 0.2) is 5.79 Å². The second-order valence-electron chi connectivity index (χ2n) is 3.28. The minimum absolute atomic E-state index is 0.339. The van der Waals surface area contributed by atoms with Crippen molar-refractivity contribution in [1.82, 2.24) is 0 Å². The second-order valence-corrected chi connectivity index (χ2v) is 5.49. The number of rotatable bonds is 0. The van der Waals surface area contributed by atoms with Crippen LogP contribution in [-0.4, -0.2) is 28.7 Å². The molecule has 0 N–H and O–H groups in total. The van der Waals surface area contributed by atoms with Gasteiger partial charge in [0.25, 0.3) is 0 Å². The first-order valence-corrected chi connectivity index (χ1v) is 6.15. The first kappa shape index (κ1) is 9.44. The summed E-state index contributed by atoms with van der Waals surface area (Å²) in [7, 11) is 0. The molecule has 2 atom stereocenters. The highest BCUT2D eigenvalue weighted by atomic mass is 79.9. The van der Waals surface area contributed by atoms with E-state index in [0.29, 0.717) is 9.65 Å². The smallest absolute Gasteiger partial charge is 0.193 e. The van der Waals surface area contributed by atoms with Gasteiger partial charge in [-0.15, -0.1) is 0 Å². The van der Waals surface area contributed by atoms with Crippen LogP contribution in [0.5, 0.6) is 0 Å². The number of ether oxygens (including phenoxy) is 2. The number of hydrogen-bond donors (Lipinski definition) is 0. The minimum atomic E-state index is -0.377. The maximum Gasteiger partial charge on any atom is 0.193 e. The van der Waals surface area contributed by atoms with Gasteiger partial charge in [-0.2, -0.15) is 0 Å². The molecule has 0 radical (unpaired) electrons. The largest absolute Gasteiger partial charge is 0.345 e. The molecule has 2 fully saturated rings. The van der Waals surface area contributed by atoms with Crippen molar-refractivity contribution in [2.75, 3.05) is 13.2 Å². The van der Waals surface area contributed by atoms with Crippen LogP contribution in [0.25, 0.3) is 0 Å². The molecular weight excluding hydrogens is 288 g/mol. The molecule has 0 aromatic heterocycles. The van der Waals surface area contributed by atoms with Crippen molar-refractivity contribution in [3.63, 3.8) is 0 Å². The van der Waals surface area contributed by atoms with Gasteiger partial charge in [0.05, 0.1) is 22.9 Å². The van der Waals surface area contributed by atoms with Crippen molar-refractivity contribution in [2.45, 2.75) is 34.7 Å². The molecule has 1 spiro atoms. The quantitative estimate of drug-likeness (QED) is 0.640. The van der Waals surface area contributed by atoms with E-state index in [9.17, 15) is 0 Å². The van der Waals surface area contributed by atoms with E-state index in [-0.39, 0.29) is 5.79 Å². The summed E-state index contributed by atoms with van der Waals surface area (Å²) >= 11 is 7.27. The van der Waals surface area contributed by atoms with E-state index in [1.54, 1.807) is 0 Å². The van der Waals surface area contributed by atoms with Gasteiger partial charge in [-0.05, 0) is 12.8 Å². The van der Waals surface area contributed by atoms with E-state index in [2.05, 4.69) is 31.9 Å². The highest BCUT2D eigenvalue weighted by molar-refractivity contribution is 9.10. The Morgan fingerprint density at radius 3 is 2.00 bits per heavy atom. The Morgan fingerprint density at radius 1 is 1.00 bits per heavy atom. The summed E-state index contributed by atoms with van der Waals surface area (Å²) in [6, 6.07) is 0. The van der Waals surface area contributed by atoms with Gasteiger partial charge in [0.1, 0.15) is 0 Å². The average molecular weight is 300 g/mol. The summed E-state index contributed by atoms with van der Waals surface area (Å²) < 4.78 is 11.4. The first-order valence-electron chi connectivity index (χ1n) is 4.32. The van der Waals surface area contributed by atoms with Crippen LogP contribution in [-0.2, 0) is 9.47 Å². The monoisotopic (exact) mass is 298 g/mol. The molecule has 1 aliphatic heterocycles. The maximum absolute atomic E-state index is 5.69. The zero-order chi connectivity index (χ0) is 8.60. The predicted molar refractivity (Wildman–Crippen MR) is 53.9 cm³/mol. The van der Waals surface area contributed by atoms with Crippen LogP contribution in [0.2, 0.25) is 0 Å². The fourth-order valence-electron chi connectivity index (χ4n) is 1.88. The third kappa shape index (κ3) is 1.37. The van der Waals surface area contributed by atoms with Crippen molar-refractivity contribution in [1.29, 1.82) is 0 Å². The molecule has 2 aliphatic rings. The molecule has 1 saturated heterocycles. The number of halogens is 2. The Bertz CT molecular complexity index is 156. The van der Waals surface area contributed by atoms with Gasteiger partial charge < -0.3 is 9.47 Å². The molecule has 2 nitrogen and oxygen atoms in total. The zero-order valence-corrected chi connectivity index (χ0v) is 9.93. The molecule has 0 aromatic carbocycles. The Labute approximate surface area is 89.2 Å². The molecule has 0 unspecified atom stereocenters. The molecule has 12 heavy (non-hydrogen) atoms. The fraction of sp³-hybridized carbons (Fsp3) is 1.00. The summed E-state index contributed by atoms with van der Waals surface area (Å²) in [5, 5.41) is 0. The fourth-order valence-corrected chi connectivity index (χ4v) is 4.05. The molecule has 0 bridgehead atoms. The Hall–Kier alpha value is 0.880. The molecule has 1 heterocycles. The minimum Gasteiger partial charge on any atom is -0.345 e. The van der Waals surface area contributed by atoms with Gasteiger partial charge in [0, 0.05) is 0 Å². The van der Waals surface area contributed by atoms with E-state index in [1.807, 2.05) is 0 Å². The van der Waals surface area contributed by atoms with Crippen LogP contribution in [0.4, 0.5) is 0 Å². The van der Waals surface area contributed by atoms with Crippen molar-refractivity contribution in [3.8, 4) is 0 Å². The molecule has 1 saturated carbocycles. The average Bonchev–Trinajstić information content (AvgIpc) is 2.50. The highest BCUT2D eigenvalue weighted by Crippen LogP contribution is 2.43. The SMILES string of the molecule is Br[C@@H]1CCC[C@H](Br)C12OCCO2. The third-order valence-corrected chi connectivity index (χ3v) is 4.72. The molecule has 0 aromatic rings. The van der Waals surface area contributed by atoms with Crippen molar-refractivity contribution < 1.29 is 9.47 Å². The van der Waals surface area contributed by atoms with Gasteiger partial charge in [0.2, 0.25) is 0 Å². The number of hydrogen-bond acceptors (Lipinski definition) is 2. The standard InChI is InChI=1S/C8H12Br2O2/c9-6-2-1-3-7(10)8(6)11-4-5-12-8/h6-7H,1-5H2/t6-,7+. The normalized spacial score (nSPS) is 40.5. The number of alkyl halides is 2. The highest BCUT2D eigenvalue weighted by Gasteiger charge is 2.50. The Kier molecular flexibility index (Phi) is 2.80. The molecular formula is C8H12Br2O2. The lowest BCUT2D eigenvalue weighted by Crippen LogP contribution is -2.50. The first-order chi connectivity index (χ1) is 5.76. The molecule has 2 rings (SSSR count). The topological polar surface area (TPSA) is 18.5 Å². The van der Waals surface area contributed by atoms with Crippen LogP contribution >= 0.6 is 31.9 Å². The molecule has 1 aliphatic carbocycles. The van der Waals surface area contributed by atoms with Gasteiger partial charge in [-0.3, -0.25) is 0 Å². The molecule has 0 amide bonds. The lowest BCUT2D eigenvalue weighted by molar-refractivity contribution is -0.163. The summed E-state index contributed by atoms with van der Waals surface area (Å²) in [5.74, 6) is -0.377. The van der Waals surface area contributed by atoms with Crippen molar-refractivity contribution in [3.05, 3.63) is 0 Å². The van der Waals surface area contributed by atoms with Crippen LogP contribution < -0.4 is 0 Å². The van der Waals surface area contributed by atoms with Crippen LogP contribution in [0, 0.1) is 0 Å². The van der Waals surface area contributed by atoms with Gasteiger partial charge in [-0.25, -0.2) is 0 Å². The summed E-state index contributed by atoms with van der Waals surface area (Å²) in [5.41, 5.74) is 0. The Balaban J connectivity index is 2.16. The summed E-state index contributed by atoms with van der Waals surface area (Å²) in [6.07, 6.45) is 3.52. The summed E-state index contributed by atoms with van der Waals surface area (Å²) in [4.78, 5) is 0.677. The van der Waals surface area contributed by atoms with Crippen molar-refractivity contribution in [2.24, 2.45) is 0 Å². The van der Waals surface area contributed by atoms with Crippen LogP contribution in [0.15, 0.2) is 0 Å². The molecule has 70 valence electrons. The van der Waals surface area contributed by atoms with E-state index < -0.39 is 0 Å². The lowest BCUT2D eigenvalue weighted by atomic mass is 9.94. The van der Waals surface area contributed by atoms with E-state index in [0.717, 1.165) is 26.1 Å². The van der Waals surface area contributed by atoms with Crippen LogP contribution in [0.1, 0.15) is 19.3 Å². The lowest BCUT2D eigenvalue weighted by Gasteiger charge is -2.40. The van der Waals surface area contributed by atoms with Gasteiger partial charge in [-0.1, -0.05) is 38.3 Å². The second kappa shape index (κ2) is 3.56. The van der Waals surface area contributed by atoms with E-state index in [4.69, 9.17) is 9.47 Å².